The van der Waals surface area contributed by atoms with Crippen LogP contribution in [-0.4, -0.2) is 20.5 Å². The molecule has 0 spiro atoms. The average molecular weight is 449 g/mol. The Bertz CT molecular complexity index is 1390. The molecule has 6 nitrogen and oxygen atoms in total. The van der Waals surface area contributed by atoms with Gasteiger partial charge in [0.2, 0.25) is 5.95 Å². The average Bonchev–Trinajstić information content (AvgIpc) is 3.23. The van der Waals surface area contributed by atoms with Crippen molar-refractivity contribution < 1.29 is 9.53 Å². The Balaban J connectivity index is 1.41. The van der Waals surface area contributed by atoms with Crippen molar-refractivity contribution in [2.45, 2.75) is 31.7 Å². The number of anilines is 1. The van der Waals surface area contributed by atoms with E-state index in [9.17, 15) is 4.79 Å². The van der Waals surface area contributed by atoms with Crippen LogP contribution in [0.5, 0.6) is 11.5 Å². The molecule has 1 aliphatic heterocycles. The zero-order valence-corrected chi connectivity index (χ0v) is 18.8. The SMILES string of the molecule is Cc1nc2n(n1)[C@@H](c1cccc(Oc3ccccc3)c1)C1=C(C[C@H](c3ccccc3)CC1=O)N2. The van der Waals surface area contributed by atoms with Gasteiger partial charge in [0, 0.05) is 17.7 Å². The van der Waals surface area contributed by atoms with E-state index in [-0.39, 0.29) is 17.7 Å². The van der Waals surface area contributed by atoms with Gasteiger partial charge in [-0.1, -0.05) is 60.7 Å². The number of carbonyl (C=O) groups is 1. The Morgan fingerprint density at radius 2 is 1.59 bits per heavy atom. The number of para-hydroxylation sites is 1. The molecule has 1 N–H and O–H groups in total. The maximum atomic E-state index is 13.6. The number of ether oxygens (including phenoxy) is 1. The van der Waals surface area contributed by atoms with E-state index >= 15 is 0 Å². The van der Waals surface area contributed by atoms with Crippen molar-refractivity contribution in [2.24, 2.45) is 0 Å². The Morgan fingerprint density at radius 3 is 2.38 bits per heavy atom. The summed E-state index contributed by atoms with van der Waals surface area (Å²) in [5, 5.41) is 8.06. The molecule has 0 saturated carbocycles. The number of allylic oxidation sites excluding steroid dienone is 2. The van der Waals surface area contributed by atoms with Gasteiger partial charge in [-0.3, -0.25) is 4.79 Å². The van der Waals surface area contributed by atoms with Gasteiger partial charge in [0.05, 0.1) is 0 Å². The summed E-state index contributed by atoms with van der Waals surface area (Å²) < 4.78 is 7.91. The zero-order valence-electron chi connectivity index (χ0n) is 18.8. The molecule has 0 amide bonds. The first-order valence-electron chi connectivity index (χ1n) is 11.5. The molecule has 0 unspecified atom stereocenters. The Labute approximate surface area is 197 Å². The molecule has 1 aliphatic carbocycles. The second-order valence-corrected chi connectivity index (χ2v) is 8.77. The lowest BCUT2D eigenvalue weighted by atomic mass is 9.78. The minimum absolute atomic E-state index is 0.140. The number of nitrogens with zero attached hydrogens (tertiary/aromatic N) is 3. The number of hydrogen-bond donors (Lipinski definition) is 1. The maximum Gasteiger partial charge on any atom is 0.226 e. The summed E-state index contributed by atoms with van der Waals surface area (Å²) in [6.07, 6.45) is 1.23. The van der Waals surface area contributed by atoms with Gasteiger partial charge in [0.1, 0.15) is 23.4 Å². The molecule has 1 aromatic heterocycles. The smallest absolute Gasteiger partial charge is 0.226 e. The third kappa shape index (κ3) is 3.67. The van der Waals surface area contributed by atoms with Crippen LogP contribution in [-0.2, 0) is 4.79 Å². The van der Waals surface area contributed by atoms with Gasteiger partial charge >= 0.3 is 0 Å². The lowest BCUT2D eigenvalue weighted by Gasteiger charge is -2.35. The minimum Gasteiger partial charge on any atom is -0.457 e. The van der Waals surface area contributed by atoms with Crippen LogP contribution in [0.25, 0.3) is 0 Å². The molecule has 6 heteroatoms. The molecule has 2 atom stereocenters. The van der Waals surface area contributed by atoms with Crippen molar-refractivity contribution in [3.63, 3.8) is 0 Å². The predicted octanol–water partition coefficient (Wildman–Crippen LogP) is 5.79. The Kier molecular flexibility index (Phi) is 4.99. The standard InChI is InChI=1S/C28H24N4O2/c1-18-29-28-30-24-16-21(19-9-4-2-5-10-19)17-25(33)26(24)27(32(28)31-18)20-11-8-14-23(15-20)34-22-12-6-3-7-13-22/h2-15,21,27H,16-17H2,1H3,(H,29,30,31)/t21-,27-/m0/s1. The molecule has 168 valence electrons. The Morgan fingerprint density at radius 1 is 0.882 bits per heavy atom. The van der Waals surface area contributed by atoms with Crippen LogP contribution in [0.3, 0.4) is 0 Å². The number of hydrogen-bond acceptors (Lipinski definition) is 5. The third-order valence-corrected chi connectivity index (χ3v) is 6.45. The van der Waals surface area contributed by atoms with Crippen LogP contribution in [0.4, 0.5) is 5.95 Å². The van der Waals surface area contributed by atoms with Crippen molar-refractivity contribution >= 4 is 11.7 Å². The fraction of sp³-hybridized carbons (Fsp3) is 0.179. The molecule has 0 bridgehead atoms. The van der Waals surface area contributed by atoms with E-state index in [1.165, 1.54) is 5.56 Å². The largest absolute Gasteiger partial charge is 0.457 e. The number of ketones is 1. The normalized spacial score (nSPS) is 19.3. The van der Waals surface area contributed by atoms with Crippen LogP contribution in [0.15, 0.2) is 96.2 Å². The highest BCUT2D eigenvalue weighted by atomic mass is 16.5. The van der Waals surface area contributed by atoms with Crippen LogP contribution in [0, 0.1) is 6.92 Å². The molecule has 2 aliphatic rings. The van der Waals surface area contributed by atoms with Crippen molar-refractivity contribution in [1.82, 2.24) is 14.8 Å². The van der Waals surface area contributed by atoms with Gasteiger partial charge in [-0.25, -0.2) is 4.68 Å². The summed E-state index contributed by atoms with van der Waals surface area (Å²) in [6, 6.07) is 27.5. The van der Waals surface area contributed by atoms with Crippen molar-refractivity contribution in [3.8, 4) is 11.5 Å². The second-order valence-electron chi connectivity index (χ2n) is 8.77. The first kappa shape index (κ1) is 20.4. The van der Waals surface area contributed by atoms with Crippen molar-refractivity contribution in [2.75, 3.05) is 5.32 Å². The summed E-state index contributed by atoms with van der Waals surface area (Å²) >= 11 is 0. The van der Waals surface area contributed by atoms with E-state index in [2.05, 4.69) is 27.5 Å². The van der Waals surface area contributed by atoms with Gasteiger partial charge in [0.15, 0.2) is 5.78 Å². The molecule has 0 fully saturated rings. The molecule has 0 radical (unpaired) electrons. The molecule has 34 heavy (non-hydrogen) atoms. The maximum absolute atomic E-state index is 13.6. The first-order chi connectivity index (χ1) is 16.7. The fourth-order valence-corrected chi connectivity index (χ4v) is 4.96. The van der Waals surface area contributed by atoms with Crippen LogP contribution >= 0.6 is 0 Å². The zero-order chi connectivity index (χ0) is 23.1. The van der Waals surface area contributed by atoms with Crippen LogP contribution < -0.4 is 10.1 Å². The van der Waals surface area contributed by atoms with E-state index in [0.717, 1.165) is 29.0 Å². The molecular weight excluding hydrogens is 424 g/mol. The molecular formula is C28H24N4O2. The monoisotopic (exact) mass is 448 g/mol. The highest BCUT2D eigenvalue weighted by Crippen LogP contribution is 2.44. The molecule has 4 aromatic rings. The van der Waals surface area contributed by atoms with E-state index in [1.54, 1.807) is 0 Å². The van der Waals surface area contributed by atoms with Gasteiger partial charge < -0.3 is 10.1 Å². The predicted molar refractivity (Wildman–Crippen MR) is 130 cm³/mol. The van der Waals surface area contributed by atoms with E-state index < -0.39 is 0 Å². The molecule has 2 heterocycles. The summed E-state index contributed by atoms with van der Waals surface area (Å²) in [4.78, 5) is 18.2. The number of benzene rings is 3. The van der Waals surface area contributed by atoms with Crippen molar-refractivity contribution in [1.29, 1.82) is 0 Å². The van der Waals surface area contributed by atoms with Crippen molar-refractivity contribution in [3.05, 3.63) is 113 Å². The van der Waals surface area contributed by atoms with E-state index in [4.69, 9.17) is 4.74 Å². The summed E-state index contributed by atoms with van der Waals surface area (Å²) in [7, 11) is 0. The van der Waals surface area contributed by atoms with Gasteiger partial charge in [-0.05, 0) is 54.7 Å². The van der Waals surface area contributed by atoms with Gasteiger partial charge in [0.25, 0.3) is 0 Å². The minimum atomic E-state index is -0.351. The highest BCUT2D eigenvalue weighted by molar-refractivity contribution is 6.00. The molecule has 6 rings (SSSR count). The summed E-state index contributed by atoms with van der Waals surface area (Å²) in [6.45, 7) is 1.87. The molecule has 0 saturated heterocycles. The highest BCUT2D eigenvalue weighted by Gasteiger charge is 2.39. The first-order valence-corrected chi connectivity index (χ1v) is 11.5. The Hall–Kier alpha value is -4.19. The summed E-state index contributed by atoms with van der Waals surface area (Å²) in [5.74, 6) is 3.09. The lowest BCUT2D eigenvalue weighted by Crippen LogP contribution is -2.33. The number of rotatable bonds is 4. The quantitative estimate of drug-likeness (QED) is 0.428. The number of carbonyl (C=O) groups excluding carboxylic acids is 1. The summed E-state index contributed by atoms with van der Waals surface area (Å²) in [5.41, 5.74) is 3.83. The fourth-order valence-electron chi connectivity index (χ4n) is 4.96. The topological polar surface area (TPSA) is 69.0 Å². The molecule has 3 aromatic carbocycles. The van der Waals surface area contributed by atoms with Crippen LogP contribution in [0.2, 0.25) is 0 Å². The van der Waals surface area contributed by atoms with Gasteiger partial charge in [-0.15, -0.1) is 0 Å². The number of aryl methyl sites for hydroxylation is 1. The number of nitrogens with one attached hydrogen (secondary N) is 1. The lowest BCUT2D eigenvalue weighted by molar-refractivity contribution is -0.116. The number of Topliss-reactive ketones (excluding diaryl/α,β-unsaturated/α-hetero) is 1. The van der Waals surface area contributed by atoms with Gasteiger partial charge in [-0.2, -0.15) is 10.1 Å². The second kappa shape index (κ2) is 8.30. The number of fused-ring (bicyclic) bond motifs is 1. The number of aromatic nitrogens is 3. The van der Waals surface area contributed by atoms with Crippen LogP contribution in [0.1, 0.15) is 41.8 Å². The van der Waals surface area contributed by atoms with E-state index in [0.29, 0.717) is 23.9 Å². The van der Waals surface area contributed by atoms with E-state index in [1.807, 2.05) is 84.4 Å². The third-order valence-electron chi connectivity index (χ3n) is 6.45.